The van der Waals surface area contributed by atoms with E-state index in [9.17, 15) is 18.0 Å². The number of amides is 1. The molecule has 1 amide bonds. The van der Waals surface area contributed by atoms with Gasteiger partial charge < -0.3 is 14.8 Å². The predicted molar refractivity (Wildman–Crippen MR) is 122 cm³/mol. The minimum Gasteiger partial charge on any atom is -0.486 e. The molecule has 1 fully saturated rings. The molecule has 2 aromatic carbocycles. The topological polar surface area (TPSA) is 105 Å². The minimum atomic E-state index is -3.68. The number of piperazine rings is 1. The van der Waals surface area contributed by atoms with Crippen molar-refractivity contribution >= 4 is 27.4 Å². The zero-order valence-electron chi connectivity index (χ0n) is 18.6. The van der Waals surface area contributed by atoms with Gasteiger partial charge in [0.2, 0.25) is 15.9 Å². The van der Waals surface area contributed by atoms with Crippen molar-refractivity contribution in [2.75, 3.05) is 44.7 Å². The highest BCUT2D eigenvalue weighted by Crippen LogP contribution is 2.33. The lowest BCUT2D eigenvalue weighted by molar-refractivity contribution is -0.121. The van der Waals surface area contributed by atoms with Gasteiger partial charge in [-0.05, 0) is 50.2 Å². The number of ether oxygens (including phenoxy) is 2. The summed E-state index contributed by atoms with van der Waals surface area (Å²) in [6, 6.07) is 10.9. The first-order valence-electron chi connectivity index (χ1n) is 10.8. The Morgan fingerprint density at radius 1 is 0.939 bits per heavy atom. The average Bonchev–Trinajstić information content (AvgIpc) is 2.83. The van der Waals surface area contributed by atoms with E-state index >= 15 is 0 Å². The molecule has 1 atom stereocenters. The molecule has 2 aliphatic rings. The van der Waals surface area contributed by atoms with Crippen LogP contribution in [0.5, 0.6) is 11.5 Å². The van der Waals surface area contributed by atoms with Crippen LogP contribution in [0.3, 0.4) is 0 Å². The molecular formula is C23H27N3O6S. The van der Waals surface area contributed by atoms with Crippen LogP contribution in [0, 0.1) is 0 Å². The Morgan fingerprint density at radius 3 is 2.21 bits per heavy atom. The summed E-state index contributed by atoms with van der Waals surface area (Å²) in [5, 5.41) is 2.85. The lowest BCUT2D eigenvalue weighted by atomic mass is 10.1. The molecule has 2 heterocycles. The number of carbonyl (C=O) groups is 2. The van der Waals surface area contributed by atoms with Crippen LogP contribution in [0.2, 0.25) is 0 Å². The van der Waals surface area contributed by atoms with E-state index in [2.05, 4.69) is 5.32 Å². The number of hydrogen-bond donors (Lipinski definition) is 1. The van der Waals surface area contributed by atoms with Gasteiger partial charge in [-0.2, -0.15) is 4.31 Å². The first kappa shape index (κ1) is 23.2. The number of rotatable bonds is 6. The molecule has 10 heteroatoms. The van der Waals surface area contributed by atoms with Gasteiger partial charge in [0.15, 0.2) is 17.3 Å². The Balaban J connectivity index is 1.35. The highest BCUT2D eigenvalue weighted by Gasteiger charge is 2.32. The van der Waals surface area contributed by atoms with E-state index in [-0.39, 0.29) is 29.7 Å². The molecule has 9 nitrogen and oxygen atoms in total. The first-order chi connectivity index (χ1) is 15.8. The fraction of sp³-hybridized carbons (Fsp3) is 0.391. The number of nitrogens with zero attached hydrogens (tertiary/aromatic N) is 2. The quantitative estimate of drug-likeness (QED) is 0.640. The predicted octanol–water partition coefficient (Wildman–Crippen LogP) is 1.99. The highest BCUT2D eigenvalue weighted by molar-refractivity contribution is 7.89. The van der Waals surface area contributed by atoms with Crippen molar-refractivity contribution in [3.63, 3.8) is 0 Å². The van der Waals surface area contributed by atoms with Crippen molar-refractivity contribution in [3.8, 4) is 11.5 Å². The van der Waals surface area contributed by atoms with Crippen LogP contribution >= 0.6 is 0 Å². The van der Waals surface area contributed by atoms with Crippen molar-refractivity contribution in [2.45, 2.75) is 24.8 Å². The van der Waals surface area contributed by atoms with Gasteiger partial charge in [-0.25, -0.2) is 8.42 Å². The molecule has 1 unspecified atom stereocenters. The van der Waals surface area contributed by atoms with Gasteiger partial charge in [0.25, 0.3) is 0 Å². The molecule has 2 aromatic rings. The number of sulfonamides is 1. The summed E-state index contributed by atoms with van der Waals surface area (Å²) in [4.78, 5) is 26.2. The van der Waals surface area contributed by atoms with Crippen LogP contribution < -0.4 is 14.8 Å². The summed E-state index contributed by atoms with van der Waals surface area (Å²) in [6.45, 7) is 5.53. The van der Waals surface area contributed by atoms with Crippen LogP contribution in [0.15, 0.2) is 47.4 Å². The third-order valence-corrected chi connectivity index (χ3v) is 7.81. The summed E-state index contributed by atoms with van der Waals surface area (Å²) in [5.41, 5.74) is 1.19. The molecule has 2 aliphatic heterocycles. The Bertz CT molecular complexity index is 1140. The molecule has 0 radical (unpaired) electrons. The van der Waals surface area contributed by atoms with Crippen molar-refractivity contribution in [3.05, 3.63) is 48.0 Å². The molecule has 4 rings (SSSR count). The lowest BCUT2D eigenvalue weighted by Gasteiger charge is -2.36. The van der Waals surface area contributed by atoms with E-state index in [1.165, 1.54) is 23.4 Å². The maximum atomic E-state index is 13.1. The number of anilines is 1. The zero-order valence-corrected chi connectivity index (χ0v) is 19.4. The lowest BCUT2D eigenvalue weighted by Crippen LogP contribution is -2.53. The highest BCUT2D eigenvalue weighted by atomic mass is 32.2. The first-order valence-corrected chi connectivity index (χ1v) is 12.3. The zero-order chi connectivity index (χ0) is 23.6. The molecule has 0 aromatic heterocycles. The molecule has 1 N–H and O–H groups in total. The van der Waals surface area contributed by atoms with Crippen LogP contribution in [-0.2, 0) is 14.8 Å². The van der Waals surface area contributed by atoms with Gasteiger partial charge in [-0.15, -0.1) is 0 Å². The van der Waals surface area contributed by atoms with Crippen molar-refractivity contribution < 1.29 is 27.5 Å². The number of hydrogen-bond acceptors (Lipinski definition) is 7. The number of ketones is 1. The van der Waals surface area contributed by atoms with E-state index < -0.39 is 16.1 Å². The van der Waals surface area contributed by atoms with Crippen molar-refractivity contribution in [1.29, 1.82) is 0 Å². The van der Waals surface area contributed by atoms with Gasteiger partial charge in [0.1, 0.15) is 13.2 Å². The Kier molecular flexibility index (Phi) is 6.68. The summed E-state index contributed by atoms with van der Waals surface area (Å²) < 4.78 is 38.6. The maximum Gasteiger partial charge on any atom is 0.243 e. The summed E-state index contributed by atoms with van der Waals surface area (Å²) in [6.07, 6.45) is 0. The Labute approximate surface area is 193 Å². The normalized spacial score (nSPS) is 17.9. The molecule has 33 heavy (non-hydrogen) atoms. The summed E-state index contributed by atoms with van der Waals surface area (Å²) in [5.74, 6) is 0.752. The van der Waals surface area contributed by atoms with E-state index in [4.69, 9.17) is 9.47 Å². The number of Topliss-reactive ketones (excluding diaryl/α,β-unsaturated/α-hetero) is 1. The second-order valence-electron chi connectivity index (χ2n) is 8.04. The van der Waals surface area contributed by atoms with E-state index in [0.29, 0.717) is 49.1 Å². The van der Waals surface area contributed by atoms with Crippen LogP contribution in [0.4, 0.5) is 5.69 Å². The Hall–Kier alpha value is -2.95. The Morgan fingerprint density at radius 2 is 1.58 bits per heavy atom. The standard InChI is InChI=1S/C23H27N3O6S/c1-16(23(28)24-19-5-3-18(4-6-19)17(2)27)25-9-11-26(12-10-25)33(29,30)20-7-8-21-22(15-20)32-14-13-31-21/h3-8,15-16H,9-14H2,1-2H3,(H,24,28). The fourth-order valence-corrected chi connectivity index (χ4v) is 5.30. The molecule has 0 aliphatic carbocycles. The second kappa shape index (κ2) is 9.50. The van der Waals surface area contributed by atoms with Gasteiger partial charge in [-0.3, -0.25) is 14.5 Å². The largest absolute Gasteiger partial charge is 0.486 e. The average molecular weight is 474 g/mol. The second-order valence-corrected chi connectivity index (χ2v) is 9.98. The van der Waals surface area contributed by atoms with Crippen LogP contribution in [0.25, 0.3) is 0 Å². The molecule has 1 saturated heterocycles. The van der Waals surface area contributed by atoms with Crippen molar-refractivity contribution in [1.82, 2.24) is 9.21 Å². The third kappa shape index (κ3) is 5.02. The van der Waals surface area contributed by atoms with Gasteiger partial charge in [0.05, 0.1) is 10.9 Å². The summed E-state index contributed by atoms with van der Waals surface area (Å²) in [7, 11) is -3.68. The van der Waals surface area contributed by atoms with Gasteiger partial charge in [0, 0.05) is 43.5 Å². The minimum absolute atomic E-state index is 0.0367. The molecular weight excluding hydrogens is 446 g/mol. The number of nitrogens with one attached hydrogen (secondary N) is 1. The summed E-state index contributed by atoms with van der Waals surface area (Å²) >= 11 is 0. The smallest absolute Gasteiger partial charge is 0.243 e. The fourth-order valence-electron chi connectivity index (χ4n) is 3.87. The number of fused-ring (bicyclic) bond motifs is 1. The third-order valence-electron chi connectivity index (χ3n) is 5.91. The SMILES string of the molecule is CC(=O)c1ccc(NC(=O)C(C)N2CCN(S(=O)(=O)c3ccc4c(c3)OCCO4)CC2)cc1. The molecule has 176 valence electrons. The van der Waals surface area contributed by atoms with E-state index in [0.717, 1.165) is 0 Å². The number of carbonyl (C=O) groups excluding carboxylic acids is 2. The molecule has 0 spiro atoms. The maximum absolute atomic E-state index is 13.1. The van der Waals surface area contributed by atoms with Crippen LogP contribution in [0.1, 0.15) is 24.2 Å². The van der Waals surface area contributed by atoms with E-state index in [1.54, 1.807) is 37.3 Å². The van der Waals surface area contributed by atoms with Gasteiger partial charge >= 0.3 is 0 Å². The van der Waals surface area contributed by atoms with E-state index in [1.807, 2.05) is 4.90 Å². The monoisotopic (exact) mass is 473 g/mol. The molecule has 0 saturated carbocycles. The van der Waals surface area contributed by atoms with Crippen LogP contribution in [-0.4, -0.2) is 74.7 Å². The van der Waals surface area contributed by atoms with Gasteiger partial charge in [-0.1, -0.05) is 0 Å². The molecule has 0 bridgehead atoms. The number of benzene rings is 2. The van der Waals surface area contributed by atoms with Crippen molar-refractivity contribution in [2.24, 2.45) is 0 Å².